The van der Waals surface area contributed by atoms with Gasteiger partial charge in [0, 0.05) is 18.6 Å². The van der Waals surface area contributed by atoms with E-state index < -0.39 is 5.97 Å². The standard InChI is InChI=1S/C20H23NO5/c1-13(14-8-6-5-7-9-14)10-19(22)21-16-12-18(25-3)17(24-2)11-15(16)20(23)26-4/h5-9,11-13H,10H2,1-4H3,(H,21,22)/t13-/m0/s1. The number of carbonyl (C=O) groups is 2. The Morgan fingerprint density at radius 3 is 2.19 bits per heavy atom. The molecule has 0 bridgehead atoms. The summed E-state index contributed by atoms with van der Waals surface area (Å²) in [5.74, 6) is 0.0455. The van der Waals surface area contributed by atoms with E-state index in [1.54, 1.807) is 6.07 Å². The highest BCUT2D eigenvalue weighted by atomic mass is 16.5. The van der Waals surface area contributed by atoms with Crippen LogP contribution in [0.2, 0.25) is 0 Å². The van der Waals surface area contributed by atoms with Crippen molar-refractivity contribution in [1.82, 2.24) is 0 Å². The van der Waals surface area contributed by atoms with Crippen LogP contribution < -0.4 is 14.8 Å². The van der Waals surface area contributed by atoms with Gasteiger partial charge >= 0.3 is 5.97 Å². The second-order valence-corrected chi connectivity index (χ2v) is 5.81. The van der Waals surface area contributed by atoms with E-state index >= 15 is 0 Å². The summed E-state index contributed by atoms with van der Waals surface area (Å²) in [6.45, 7) is 1.98. The molecule has 0 aliphatic heterocycles. The van der Waals surface area contributed by atoms with Crippen LogP contribution in [0, 0.1) is 0 Å². The Bertz CT molecular complexity index is 773. The number of amides is 1. The first-order chi connectivity index (χ1) is 12.5. The first-order valence-corrected chi connectivity index (χ1v) is 8.19. The summed E-state index contributed by atoms with van der Waals surface area (Å²) in [6, 6.07) is 12.8. The molecule has 0 heterocycles. The van der Waals surface area contributed by atoms with E-state index in [-0.39, 0.29) is 23.8 Å². The third kappa shape index (κ3) is 4.53. The second kappa shape index (κ2) is 8.89. The van der Waals surface area contributed by atoms with Crippen LogP contribution in [0.5, 0.6) is 11.5 Å². The van der Waals surface area contributed by atoms with E-state index in [2.05, 4.69) is 5.32 Å². The fraction of sp³-hybridized carbons (Fsp3) is 0.300. The van der Waals surface area contributed by atoms with Crippen molar-refractivity contribution in [3.63, 3.8) is 0 Å². The molecule has 0 radical (unpaired) electrons. The molecular weight excluding hydrogens is 334 g/mol. The molecule has 0 saturated heterocycles. The Morgan fingerprint density at radius 2 is 1.62 bits per heavy atom. The van der Waals surface area contributed by atoms with Gasteiger partial charge in [0.1, 0.15) is 0 Å². The van der Waals surface area contributed by atoms with Crippen LogP contribution in [0.25, 0.3) is 0 Å². The average molecular weight is 357 g/mol. The van der Waals surface area contributed by atoms with Gasteiger partial charge in [-0.25, -0.2) is 4.79 Å². The first-order valence-electron chi connectivity index (χ1n) is 8.19. The van der Waals surface area contributed by atoms with E-state index in [0.29, 0.717) is 17.2 Å². The van der Waals surface area contributed by atoms with Gasteiger partial charge in [-0.3, -0.25) is 4.79 Å². The van der Waals surface area contributed by atoms with Crippen molar-refractivity contribution >= 4 is 17.6 Å². The maximum Gasteiger partial charge on any atom is 0.340 e. The number of rotatable bonds is 7. The predicted octanol–water partition coefficient (Wildman–Crippen LogP) is 3.62. The number of esters is 1. The number of hydrogen-bond acceptors (Lipinski definition) is 5. The highest BCUT2D eigenvalue weighted by Gasteiger charge is 2.20. The molecule has 1 atom stereocenters. The Kier molecular flexibility index (Phi) is 6.60. The highest BCUT2D eigenvalue weighted by molar-refractivity contribution is 6.02. The second-order valence-electron chi connectivity index (χ2n) is 5.81. The third-order valence-electron chi connectivity index (χ3n) is 4.06. The Morgan fingerprint density at radius 1 is 1.00 bits per heavy atom. The molecule has 1 amide bonds. The summed E-state index contributed by atoms with van der Waals surface area (Å²) in [7, 11) is 4.24. The number of ether oxygens (including phenoxy) is 3. The van der Waals surface area contributed by atoms with Gasteiger partial charge in [-0.1, -0.05) is 37.3 Å². The monoisotopic (exact) mass is 357 g/mol. The number of hydrogen-bond donors (Lipinski definition) is 1. The van der Waals surface area contributed by atoms with Crippen LogP contribution in [-0.4, -0.2) is 33.2 Å². The summed E-state index contributed by atoms with van der Waals surface area (Å²) in [4.78, 5) is 24.5. The lowest BCUT2D eigenvalue weighted by molar-refractivity contribution is -0.116. The van der Waals surface area contributed by atoms with E-state index in [4.69, 9.17) is 14.2 Å². The van der Waals surface area contributed by atoms with Gasteiger partial charge in [0.15, 0.2) is 11.5 Å². The fourth-order valence-electron chi connectivity index (χ4n) is 2.64. The lowest BCUT2D eigenvalue weighted by Gasteiger charge is -2.16. The zero-order valence-corrected chi connectivity index (χ0v) is 15.4. The van der Waals surface area contributed by atoms with E-state index in [1.807, 2.05) is 37.3 Å². The third-order valence-corrected chi connectivity index (χ3v) is 4.06. The molecule has 6 nitrogen and oxygen atoms in total. The zero-order valence-electron chi connectivity index (χ0n) is 15.4. The molecule has 0 saturated carbocycles. The lowest BCUT2D eigenvalue weighted by Crippen LogP contribution is -2.17. The molecule has 138 valence electrons. The summed E-state index contributed by atoms with van der Waals surface area (Å²) >= 11 is 0. The van der Waals surface area contributed by atoms with Crippen molar-refractivity contribution in [3.8, 4) is 11.5 Å². The van der Waals surface area contributed by atoms with Crippen molar-refractivity contribution in [1.29, 1.82) is 0 Å². The van der Waals surface area contributed by atoms with E-state index in [9.17, 15) is 9.59 Å². The lowest BCUT2D eigenvalue weighted by atomic mass is 9.97. The van der Waals surface area contributed by atoms with E-state index in [1.165, 1.54) is 27.4 Å². The van der Waals surface area contributed by atoms with Crippen LogP contribution >= 0.6 is 0 Å². The Hall–Kier alpha value is -3.02. The van der Waals surface area contributed by atoms with Crippen LogP contribution in [0.1, 0.15) is 35.2 Å². The van der Waals surface area contributed by atoms with Gasteiger partial charge in [-0.15, -0.1) is 0 Å². The van der Waals surface area contributed by atoms with Gasteiger partial charge in [0.25, 0.3) is 0 Å². The van der Waals surface area contributed by atoms with Crippen molar-refractivity contribution in [2.24, 2.45) is 0 Å². The minimum atomic E-state index is -0.572. The number of methoxy groups -OCH3 is 3. The van der Waals surface area contributed by atoms with Crippen molar-refractivity contribution in [3.05, 3.63) is 53.6 Å². The van der Waals surface area contributed by atoms with Gasteiger partial charge in [0.05, 0.1) is 32.6 Å². The molecular formula is C20H23NO5. The molecule has 2 aromatic carbocycles. The average Bonchev–Trinajstić information content (AvgIpc) is 2.67. The van der Waals surface area contributed by atoms with Crippen molar-refractivity contribution in [2.75, 3.05) is 26.6 Å². The van der Waals surface area contributed by atoms with Gasteiger partial charge in [-0.2, -0.15) is 0 Å². The molecule has 2 aromatic rings. The summed E-state index contributed by atoms with van der Waals surface area (Å²) in [5, 5.41) is 2.78. The zero-order chi connectivity index (χ0) is 19.1. The van der Waals surface area contributed by atoms with Crippen LogP contribution in [0.4, 0.5) is 5.69 Å². The van der Waals surface area contributed by atoms with Crippen LogP contribution in [-0.2, 0) is 9.53 Å². The fourth-order valence-corrected chi connectivity index (χ4v) is 2.64. The number of benzene rings is 2. The number of nitrogens with one attached hydrogen (secondary N) is 1. The molecule has 6 heteroatoms. The molecule has 1 N–H and O–H groups in total. The normalized spacial score (nSPS) is 11.4. The molecule has 0 unspecified atom stereocenters. The Labute approximate surface area is 153 Å². The van der Waals surface area contributed by atoms with Gasteiger partial charge < -0.3 is 19.5 Å². The van der Waals surface area contributed by atoms with Crippen LogP contribution in [0.15, 0.2) is 42.5 Å². The smallest absolute Gasteiger partial charge is 0.340 e. The topological polar surface area (TPSA) is 73.9 Å². The van der Waals surface area contributed by atoms with Crippen molar-refractivity contribution < 1.29 is 23.8 Å². The summed E-state index contributed by atoms with van der Waals surface area (Å²) in [5.41, 5.74) is 1.59. The largest absolute Gasteiger partial charge is 0.493 e. The summed E-state index contributed by atoms with van der Waals surface area (Å²) < 4.78 is 15.3. The molecule has 2 rings (SSSR count). The van der Waals surface area contributed by atoms with Gasteiger partial charge in [0.2, 0.25) is 5.91 Å². The molecule has 0 fully saturated rings. The number of anilines is 1. The molecule has 0 spiro atoms. The van der Waals surface area contributed by atoms with Gasteiger partial charge in [-0.05, 0) is 11.5 Å². The maximum atomic E-state index is 12.5. The maximum absolute atomic E-state index is 12.5. The predicted molar refractivity (Wildman–Crippen MR) is 99.0 cm³/mol. The SMILES string of the molecule is COC(=O)c1cc(OC)c(OC)cc1NC(=O)C[C@H](C)c1ccccc1. The van der Waals surface area contributed by atoms with E-state index in [0.717, 1.165) is 5.56 Å². The quantitative estimate of drug-likeness (QED) is 0.766. The van der Waals surface area contributed by atoms with Crippen LogP contribution in [0.3, 0.4) is 0 Å². The molecule has 0 aliphatic carbocycles. The number of carbonyl (C=O) groups excluding carboxylic acids is 2. The summed E-state index contributed by atoms with van der Waals surface area (Å²) in [6.07, 6.45) is 0.277. The highest BCUT2D eigenvalue weighted by Crippen LogP contribution is 2.34. The minimum Gasteiger partial charge on any atom is -0.493 e. The molecule has 26 heavy (non-hydrogen) atoms. The Balaban J connectivity index is 2.23. The first kappa shape index (κ1) is 19.3. The molecule has 0 aromatic heterocycles. The molecule has 0 aliphatic rings. The minimum absolute atomic E-state index is 0.0397. The van der Waals surface area contributed by atoms with Crippen molar-refractivity contribution in [2.45, 2.75) is 19.3 Å².